The summed E-state index contributed by atoms with van der Waals surface area (Å²) < 4.78 is 11.3. The normalized spacial score (nSPS) is 12.1. The predicted molar refractivity (Wildman–Crippen MR) is 115 cm³/mol. The standard InChI is InChI=1S/C22H30N4O3/c1-17(29-20-13-9-8-12-19(20)28-4)14-23-22(25-16-21(27)26(2)3)24-15-18-10-6-5-7-11-18/h5-13,17H,14-16H2,1-4H3,(H2,23,24,25). The lowest BCUT2D eigenvalue weighted by Gasteiger charge is -2.19. The first-order valence-electron chi connectivity index (χ1n) is 9.55. The molecule has 0 aliphatic carbocycles. The van der Waals surface area contributed by atoms with Gasteiger partial charge in [0.25, 0.3) is 0 Å². The molecule has 0 saturated carbocycles. The minimum atomic E-state index is -0.139. The number of nitrogens with zero attached hydrogens (tertiary/aromatic N) is 2. The number of rotatable bonds is 9. The summed E-state index contributed by atoms with van der Waals surface area (Å²) in [7, 11) is 5.06. The van der Waals surface area contributed by atoms with Crippen molar-refractivity contribution in [3.8, 4) is 11.5 Å². The van der Waals surface area contributed by atoms with Crippen molar-refractivity contribution in [1.29, 1.82) is 0 Å². The highest BCUT2D eigenvalue weighted by Gasteiger charge is 2.11. The number of carbonyl (C=O) groups is 1. The highest BCUT2D eigenvalue weighted by atomic mass is 16.5. The Hall–Kier alpha value is -3.22. The van der Waals surface area contributed by atoms with Crippen LogP contribution in [-0.4, -0.2) is 57.2 Å². The van der Waals surface area contributed by atoms with E-state index in [4.69, 9.17) is 9.47 Å². The summed E-state index contributed by atoms with van der Waals surface area (Å²) in [5.74, 6) is 1.90. The smallest absolute Gasteiger partial charge is 0.241 e. The van der Waals surface area contributed by atoms with Gasteiger partial charge in [0.1, 0.15) is 6.10 Å². The first kappa shape index (κ1) is 22.1. The number of amides is 1. The molecule has 7 heteroatoms. The zero-order valence-corrected chi connectivity index (χ0v) is 17.5. The molecule has 2 rings (SSSR count). The summed E-state index contributed by atoms with van der Waals surface area (Å²) in [5.41, 5.74) is 1.09. The summed E-state index contributed by atoms with van der Waals surface area (Å²) in [6, 6.07) is 17.5. The zero-order chi connectivity index (χ0) is 21.1. The maximum absolute atomic E-state index is 11.9. The average molecular weight is 399 g/mol. The number of benzene rings is 2. The van der Waals surface area contributed by atoms with Crippen LogP contribution in [0.4, 0.5) is 0 Å². The monoisotopic (exact) mass is 398 g/mol. The van der Waals surface area contributed by atoms with Crippen LogP contribution in [0.15, 0.2) is 59.6 Å². The molecule has 0 aliphatic rings. The molecule has 0 saturated heterocycles. The Morgan fingerprint density at radius 1 is 1.03 bits per heavy atom. The summed E-state index contributed by atoms with van der Waals surface area (Å²) in [6.45, 7) is 3.14. The second-order valence-corrected chi connectivity index (χ2v) is 6.75. The minimum Gasteiger partial charge on any atom is -0.493 e. The van der Waals surface area contributed by atoms with Crippen LogP contribution in [0.25, 0.3) is 0 Å². The molecule has 156 valence electrons. The average Bonchev–Trinajstić information content (AvgIpc) is 2.74. The van der Waals surface area contributed by atoms with Gasteiger partial charge in [-0.2, -0.15) is 0 Å². The molecular formula is C22H30N4O3. The molecule has 0 fully saturated rings. The van der Waals surface area contributed by atoms with Gasteiger partial charge in [-0.3, -0.25) is 4.79 Å². The van der Waals surface area contributed by atoms with Gasteiger partial charge in [0.2, 0.25) is 5.91 Å². The Morgan fingerprint density at radius 3 is 2.34 bits per heavy atom. The SMILES string of the molecule is COc1ccccc1OC(C)CNC(=NCc1ccccc1)NCC(=O)N(C)C. The molecule has 2 aromatic carbocycles. The number of nitrogens with one attached hydrogen (secondary N) is 2. The van der Waals surface area contributed by atoms with E-state index in [2.05, 4.69) is 15.6 Å². The Bertz CT molecular complexity index is 794. The van der Waals surface area contributed by atoms with E-state index in [-0.39, 0.29) is 18.6 Å². The fraction of sp³-hybridized carbons (Fsp3) is 0.364. The number of ether oxygens (including phenoxy) is 2. The van der Waals surface area contributed by atoms with Gasteiger partial charge < -0.3 is 25.0 Å². The van der Waals surface area contributed by atoms with Crippen molar-refractivity contribution in [2.24, 2.45) is 4.99 Å². The quantitative estimate of drug-likeness (QED) is 0.501. The highest BCUT2D eigenvalue weighted by molar-refractivity contribution is 5.86. The van der Waals surface area contributed by atoms with Crippen LogP contribution in [-0.2, 0) is 11.3 Å². The molecule has 1 unspecified atom stereocenters. The molecular weight excluding hydrogens is 368 g/mol. The fourth-order valence-corrected chi connectivity index (χ4v) is 2.46. The van der Waals surface area contributed by atoms with E-state index in [1.807, 2.05) is 61.5 Å². The van der Waals surface area contributed by atoms with Crippen LogP contribution < -0.4 is 20.1 Å². The van der Waals surface area contributed by atoms with Crippen LogP contribution in [0.5, 0.6) is 11.5 Å². The molecule has 1 atom stereocenters. The number of carbonyl (C=O) groups excluding carboxylic acids is 1. The molecule has 0 aromatic heterocycles. The fourth-order valence-electron chi connectivity index (χ4n) is 2.46. The van der Waals surface area contributed by atoms with Gasteiger partial charge in [-0.05, 0) is 24.6 Å². The van der Waals surface area contributed by atoms with E-state index in [9.17, 15) is 4.79 Å². The number of methoxy groups -OCH3 is 1. The molecule has 0 heterocycles. The van der Waals surface area contributed by atoms with Crippen molar-refractivity contribution in [3.05, 3.63) is 60.2 Å². The van der Waals surface area contributed by atoms with Crippen LogP contribution in [0.3, 0.4) is 0 Å². The van der Waals surface area contributed by atoms with Crippen molar-refractivity contribution in [2.75, 3.05) is 34.3 Å². The van der Waals surface area contributed by atoms with E-state index in [1.54, 1.807) is 21.2 Å². The van der Waals surface area contributed by atoms with Gasteiger partial charge in [-0.15, -0.1) is 0 Å². The van der Waals surface area contributed by atoms with Crippen LogP contribution in [0.2, 0.25) is 0 Å². The second-order valence-electron chi connectivity index (χ2n) is 6.75. The van der Waals surface area contributed by atoms with Gasteiger partial charge in [0.15, 0.2) is 17.5 Å². The third-order valence-corrected chi connectivity index (χ3v) is 4.12. The third kappa shape index (κ3) is 7.73. The zero-order valence-electron chi connectivity index (χ0n) is 17.5. The van der Waals surface area contributed by atoms with Crippen LogP contribution >= 0.6 is 0 Å². The number of guanidine groups is 1. The molecule has 1 amide bonds. The first-order valence-corrected chi connectivity index (χ1v) is 9.55. The maximum Gasteiger partial charge on any atom is 0.241 e. The Kier molecular flexibility index (Phi) is 8.82. The van der Waals surface area contributed by atoms with E-state index in [1.165, 1.54) is 4.90 Å². The lowest BCUT2D eigenvalue weighted by molar-refractivity contribution is -0.127. The van der Waals surface area contributed by atoms with Crippen molar-refractivity contribution < 1.29 is 14.3 Å². The van der Waals surface area contributed by atoms with Crippen molar-refractivity contribution >= 4 is 11.9 Å². The predicted octanol–water partition coefficient (Wildman–Crippen LogP) is 2.29. The number of aliphatic imine (C=N–C) groups is 1. The van der Waals surface area contributed by atoms with Gasteiger partial charge in [-0.1, -0.05) is 42.5 Å². The largest absolute Gasteiger partial charge is 0.493 e. The summed E-state index contributed by atoms with van der Waals surface area (Å²) in [4.78, 5) is 18.0. The van der Waals surface area contributed by atoms with Gasteiger partial charge in [0.05, 0.1) is 26.7 Å². The van der Waals surface area contributed by atoms with Crippen molar-refractivity contribution in [3.63, 3.8) is 0 Å². The second kappa shape index (κ2) is 11.6. The number of likely N-dealkylation sites (N-methyl/N-ethyl adjacent to an activating group) is 1. The maximum atomic E-state index is 11.9. The topological polar surface area (TPSA) is 75.2 Å². The number of para-hydroxylation sites is 2. The van der Waals surface area contributed by atoms with Crippen LogP contribution in [0.1, 0.15) is 12.5 Å². The summed E-state index contributed by atoms with van der Waals surface area (Å²) >= 11 is 0. The summed E-state index contributed by atoms with van der Waals surface area (Å²) in [5, 5.41) is 6.32. The van der Waals surface area contributed by atoms with Gasteiger partial charge in [-0.25, -0.2) is 4.99 Å². The molecule has 0 aliphatic heterocycles. The van der Waals surface area contributed by atoms with E-state index < -0.39 is 0 Å². The van der Waals surface area contributed by atoms with E-state index >= 15 is 0 Å². The lowest BCUT2D eigenvalue weighted by atomic mass is 10.2. The first-order chi connectivity index (χ1) is 14.0. The minimum absolute atomic E-state index is 0.0301. The molecule has 29 heavy (non-hydrogen) atoms. The number of hydrogen-bond acceptors (Lipinski definition) is 4. The summed E-state index contributed by atoms with van der Waals surface area (Å²) in [6.07, 6.45) is -0.139. The molecule has 0 radical (unpaired) electrons. The van der Waals surface area contributed by atoms with Crippen LogP contribution in [0, 0.1) is 0 Å². The molecule has 0 spiro atoms. The van der Waals surface area contributed by atoms with E-state index in [0.717, 1.165) is 5.56 Å². The highest BCUT2D eigenvalue weighted by Crippen LogP contribution is 2.26. The van der Waals surface area contributed by atoms with Crippen molar-refractivity contribution in [2.45, 2.75) is 19.6 Å². The van der Waals surface area contributed by atoms with Gasteiger partial charge in [0, 0.05) is 14.1 Å². The number of hydrogen-bond donors (Lipinski definition) is 2. The molecule has 7 nitrogen and oxygen atoms in total. The van der Waals surface area contributed by atoms with Gasteiger partial charge >= 0.3 is 0 Å². The lowest BCUT2D eigenvalue weighted by Crippen LogP contribution is -2.45. The molecule has 2 aromatic rings. The Balaban J connectivity index is 1.97. The Morgan fingerprint density at radius 2 is 1.69 bits per heavy atom. The molecule has 2 N–H and O–H groups in total. The third-order valence-electron chi connectivity index (χ3n) is 4.12. The molecule has 0 bridgehead atoms. The Labute approximate surface area is 172 Å². The van der Waals surface area contributed by atoms with Crippen molar-refractivity contribution in [1.82, 2.24) is 15.5 Å². The van der Waals surface area contributed by atoms with E-state index in [0.29, 0.717) is 30.5 Å².